The number of phenolic OH excluding ortho intramolecular Hbond substituents is 2. The molecule has 0 saturated carbocycles. The Hall–Kier alpha value is -6.86. The van der Waals surface area contributed by atoms with Gasteiger partial charge in [0.1, 0.15) is 36.6 Å². The molecular formula is C35H31ClN10O26S8. The van der Waals surface area contributed by atoms with Gasteiger partial charge in [0.2, 0.25) is 17.2 Å². The van der Waals surface area contributed by atoms with Gasteiger partial charge in [0.25, 0.3) is 40.5 Å². The van der Waals surface area contributed by atoms with E-state index in [9.17, 15) is 95.8 Å². The maximum Gasteiger partial charge on any atom is 0.397 e. The van der Waals surface area contributed by atoms with E-state index >= 15 is 0 Å². The number of aromatic hydroxyl groups is 2. The molecule has 6 rings (SSSR count). The maximum absolute atomic E-state index is 13.0. The van der Waals surface area contributed by atoms with Crippen molar-refractivity contribution in [3.63, 3.8) is 0 Å². The second kappa shape index (κ2) is 22.6. The van der Waals surface area contributed by atoms with Gasteiger partial charge in [-0.15, -0.1) is 15.3 Å². The number of azo groups is 2. The largest absolute Gasteiger partial charge is 0.505 e. The van der Waals surface area contributed by atoms with Crippen LogP contribution in [0.15, 0.2) is 117 Å². The normalized spacial score (nSPS) is 13.3. The number of nitrogens with two attached hydrogens (primary N) is 1. The van der Waals surface area contributed by atoms with Gasteiger partial charge < -0.3 is 26.6 Å². The van der Waals surface area contributed by atoms with Crippen LogP contribution in [0.25, 0.3) is 10.8 Å². The van der Waals surface area contributed by atoms with E-state index in [1.165, 1.54) is 0 Å². The lowest BCUT2D eigenvalue weighted by atomic mass is 10.1. The fourth-order valence-corrected chi connectivity index (χ4v) is 12.2. The van der Waals surface area contributed by atoms with Crippen molar-refractivity contribution in [1.82, 2.24) is 15.0 Å². The summed E-state index contributed by atoms with van der Waals surface area (Å²) in [5, 5.41) is 39.5. The van der Waals surface area contributed by atoms with Crippen molar-refractivity contribution >= 4 is 155 Å². The van der Waals surface area contributed by atoms with E-state index in [0.717, 1.165) is 36.4 Å². The summed E-state index contributed by atoms with van der Waals surface area (Å²) in [6.45, 7) is -2.17. The highest BCUT2D eigenvalue weighted by Gasteiger charge is 2.30. The lowest BCUT2D eigenvalue weighted by Gasteiger charge is -2.14. The highest BCUT2D eigenvalue weighted by molar-refractivity contribution is 7.92. The molecule has 0 saturated heterocycles. The second-order valence-electron chi connectivity index (χ2n) is 15.2. The predicted octanol–water partition coefficient (Wildman–Crippen LogP) is 3.16. The molecule has 36 nitrogen and oxygen atoms in total. The molecule has 0 aliphatic rings. The highest BCUT2D eigenvalue weighted by Crippen LogP contribution is 2.49. The Bertz CT molecular complexity index is 4560. The number of sulfone groups is 2. The molecule has 0 spiro atoms. The molecule has 1 aromatic heterocycles. The first-order valence-electron chi connectivity index (χ1n) is 20.2. The average molecular weight is 1300 g/mol. The zero-order valence-corrected chi connectivity index (χ0v) is 45.7. The molecule has 12 N–H and O–H groups in total. The van der Waals surface area contributed by atoms with Crippen LogP contribution in [0.1, 0.15) is 0 Å². The summed E-state index contributed by atoms with van der Waals surface area (Å²) in [7, 11) is -40.9. The van der Waals surface area contributed by atoms with Crippen LogP contribution in [0, 0.1) is 0 Å². The molecule has 0 amide bonds. The van der Waals surface area contributed by atoms with Gasteiger partial charge in [-0.1, -0.05) is 0 Å². The third-order valence-corrected chi connectivity index (χ3v) is 17.7. The Morgan fingerprint density at radius 2 is 1.00 bits per heavy atom. The quantitative estimate of drug-likeness (QED) is 0.0201. The first kappa shape index (κ1) is 62.3. The third kappa shape index (κ3) is 15.5. The van der Waals surface area contributed by atoms with Crippen LogP contribution < -0.4 is 16.4 Å². The number of hydrogen-bond donors (Lipinski definition) is 11. The fourth-order valence-electron chi connectivity index (χ4n) is 6.43. The summed E-state index contributed by atoms with van der Waals surface area (Å²) in [6, 6.07) is 7.97. The predicted molar refractivity (Wildman–Crippen MR) is 269 cm³/mol. The molecule has 5 aromatic carbocycles. The van der Waals surface area contributed by atoms with Crippen LogP contribution in [0.2, 0.25) is 5.28 Å². The first-order chi connectivity index (χ1) is 36.5. The van der Waals surface area contributed by atoms with Gasteiger partial charge in [-0.3, -0.25) is 27.3 Å². The van der Waals surface area contributed by atoms with Crippen LogP contribution in [0.5, 0.6) is 11.5 Å². The molecular weight excluding hydrogens is 1270 g/mol. The number of fused-ring (bicyclic) bond motifs is 1. The van der Waals surface area contributed by atoms with Gasteiger partial charge in [0.05, 0.1) is 57.0 Å². The number of nitrogens with one attached hydrogen (secondary N) is 2. The van der Waals surface area contributed by atoms with Crippen molar-refractivity contribution in [2.24, 2.45) is 20.5 Å². The average Bonchev–Trinajstić information content (AvgIpc) is 3.35. The zero-order valence-electron chi connectivity index (χ0n) is 38.5. The number of benzene rings is 5. The Balaban J connectivity index is 1.40. The van der Waals surface area contributed by atoms with Crippen molar-refractivity contribution in [2.75, 3.05) is 41.1 Å². The number of rotatable bonds is 22. The number of anilines is 5. The van der Waals surface area contributed by atoms with Gasteiger partial charge >= 0.3 is 20.8 Å². The smallest absolute Gasteiger partial charge is 0.397 e. The first-order valence-corrected chi connectivity index (χ1v) is 32.3. The summed E-state index contributed by atoms with van der Waals surface area (Å²) in [6.07, 6.45) is 0. The highest BCUT2D eigenvalue weighted by atomic mass is 35.5. The standard InChI is InChI=1S/C35H31ClN10O26S8/c36-33-40-34(42-35(41-33)39-22-14-20(15-26(31(22)47)78(62,63)64)74(51,52)10-8-72-80(68,69)70)38-18-3-6-23(75(53,54)55)21(13-18)44-46-30-25(77(59,60)61)12-16-11-24(76(56,57)58)29(28(37)27(16)32(30)48)45-43-17-1-4-19(5-2-17)73(49,50)9-7-71-79(65,66)67/h1-6,11-15,47-48H,7-10,37H2,(H,53,54,55)(H,56,57,58)(H,59,60,61)(H,62,63,64)(H,65,66,67)(H,68,69,70)(H2,38,39,40,41,42)/b45-43+,46-44+. The molecule has 45 heteroatoms. The Morgan fingerprint density at radius 3 is 1.51 bits per heavy atom. The van der Waals surface area contributed by atoms with Crippen LogP contribution in [0.4, 0.5) is 51.7 Å². The molecule has 0 radical (unpaired) electrons. The summed E-state index contributed by atoms with van der Waals surface area (Å²) < 4.78 is 260. The van der Waals surface area contributed by atoms with Crippen molar-refractivity contribution in [1.29, 1.82) is 0 Å². The van der Waals surface area contributed by atoms with E-state index in [2.05, 4.69) is 54.4 Å². The van der Waals surface area contributed by atoms with Gasteiger partial charge in [0.15, 0.2) is 31.2 Å². The monoisotopic (exact) mass is 1300 g/mol. The molecule has 0 aliphatic heterocycles. The molecule has 80 heavy (non-hydrogen) atoms. The number of halogens is 1. The Labute approximate surface area is 454 Å². The lowest BCUT2D eigenvalue weighted by molar-refractivity contribution is 0.282. The van der Waals surface area contributed by atoms with Gasteiger partial charge in [-0.05, 0) is 83.7 Å². The number of nitrogens with zero attached hydrogens (tertiary/aromatic N) is 7. The van der Waals surface area contributed by atoms with Crippen molar-refractivity contribution in [3.8, 4) is 11.5 Å². The molecule has 0 unspecified atom stereocenters. The molecule has 432 valence electrons. The van der Waals surface area contributed by atoms with E-state index in [0.29, 0.717) is 24.3 Å². The van der Waals surface area contributed by atoms with Crippen molar-refractivity contribution < 1.29 is 113 Å². The number of aromatic nitrogens is 3. The van der Waals surface area contributed by atoms with Gasteiger partial charge in [-0.25, -0.2) is 25.2 Å². The maximum atomic E-state index is 13.0. The minimum atomic E-state index is -5.58. The minimum absolute atomic E-state index is 0.247. The van der Waals surface area contributed by atoms with Crippen molar-refractivity contribution in [3.05, 3.63) is 72.0 Å². The van der Waals surface area contributed by atoms with Crippen molar-refractivity contribution in [2.45, 2.75) is 29.4 Å². The second-order valence-corrected chi connectivity index (χ2v) is 27.5. The van der Waals surface area contributed by atoms with Crippen LogP contribution in [-0.2, 0) is 89.3 Å². The fraction of sp³-hybridized carbons (Fsp3) is 0.114. The van der Waals surface area contributed by atoms with E-state index in [1.54, 1.807) is 0 Å². The van der Waals surface area contributed by atoms with E-state index in [-0.39, 0.29) is 17.4 Å². The molecule has 0 aliphatic carbocycles. The third-order valence-electron chi connectivity index (χ3n) is 9.79. The van der Waals surface area contributed by atoms with Gasteiger partial charge in [-0.2, -0.15) is 70.6 Å². The minimum Gasteiger partial charge on any atom is -0.505 e. The topological polar surface area (TPSA) is 592 Å². The Morgan fingerprint density at radius 1 is 0.512 bits per heavy atom. The van der Waals surface area contributed by atoms with Crippen LogP contribution in [-0.4, -0.2) is 145 Å². The molecule has 0 fully saturated rings. The summed E-state index contributed by atoms with van der Waals surface area (Å²) in [5.41, 5.74) is 0.667. The zero-order chi connectivity index (χ0) is 59.9. The molecule has 6 aromatic rings. The lowest BCUT2D eigenvalue weighted by Crippen LogP contribution is -2.16. The Kier molecular flexibility index (Phi) is 17.6. The molecule has 0 bridgehead atoms. The van der Waals surface area contributed by atoms with E-state index in [4.69, 9.17) is 26.4 Å². The summed E-state index contributed by atoms with van der Waals surface area (Å²) in [5.74, 6) is -6.27. The summed E-state index contributed by atoms with van der Waals surface area (Å²) in [4.78, 5) is 4.83. The number of phenols is 2. The number of nitrogen functional groups attached to an aromatic ring is 1. The van der Waals surface area contributed by atoms with Crippen LogP contribution >= 0.6 is 11.6 Å². The number of hydrogen-bond acceptors (Lipinski definition) is 30. The molecule has 0 atom stereocenters. The van der Waals surface area contributed by atoms with Gasteiger partial charge in [0, 0.05) is 5.69 Å². The molecule has 1 heterocycles. The SMILES string of the molecule is Nc1c(/N=N/c2ccc(S(=O)(=O)CCOS(=O)(=O)O)cc2)c(S(=O)(=O)O)cc2cc(S(=O)(=O)O)c(/N=N/c3cc(Nc4nc(Cl)nc(Nc5cc(S(=O)(=O)CCOS(=O)(=O)O)cc(S(=O)(=O)O)c5O)n4)ccc3S(=O)(=O)O)c(O)c12. The summed E-state index contributed by atoms with van der Waals surface area (Å²) >= 11 is 6.04. The van der Waals surface area contributed by atoms with E-state index < -0.39 is 203 Å². The van der Waals surface area contributed by atoms with Crippen LogP contribution in [0.3, 0.4) is 0 Å². The van der Waals surface area contributed by atoms with E-state index in [1.807, 2.05) is 0 Å².